The minimum Gasteiger partial charge on any atom is -0.467 e. The van der Waals surface area contributed by atoms with Crippen molar-refractivity contribution in [1.29, 1.82) is 0 Å². The first-order valence-electron chi connectivity index (χ1n) is 8.64. The lowest BCUT2D eigenvalue weighted by atomic mass is 10.0. The molecule has 5 heteroatoms. The zero-order valence-corrected chi connectivity index (χ0v) is 14.1. The minimum absolute atomic E-state index is 0.0294. The zero-order chi connectivity index (χ0) is 16.8. The number of nitrogens with zero attached hydrogens (tertiary/aromatic N) is 2. The summed E-state index contributed by atoms with van der Waals surface area (Å²) in [5, 5.41) is 3.14. The van der Waals surface area contributed by atoms with Gasteiger partial charge in [0.05, 0.1) is 6.26 Å². The first-order chi connectivity index (χ1) is 11.8. The number of furan rings is 1. The highest BCUT2D eigenvalue weighted by Gasteiger charge is 2.24. The number of nitrogens with one attached hydrogen (secondary N) is 1. The number of urea groups is 1. The Morgan fingerprint density at radius 2 is 1.96 bits per heavy atom. The number of rotatable bonds is 4. The number of amides is 2. The highest BCUT2D eigenvalue weighted by Crippen LogP contribution is 2.22. The summed E-state index contributed by atoms with van der Waals surface area (Å²) in [5.74, 6) is 0.750. The molecule has 128 valence electrons. The summed E-state index contributed by atoms with van der Waals surface area (Å²) in [5.41, 5.74) is 1.02. The van der Waals surface area contributed by atoms with Crippen LogP contribution in [0.5, 0.6) is 0 Å². The SMILES string of the molecule is CCN1CCCN(C(=O)N[C@H](c2ccccc2)c2ccco2)CC1. The molecule has 3 rings (SSSR count). The summed E-state index contributed by atoms with van der Waals surface area (Å²) in [6.07, 6.45) is 2.65. The van der Waals surface area contributed by atoms with Crippen molar-refractivity contribution in [2.45, 2.75) is 19.4 Å². The second-order valence-electron chi connectivity index (χ2n) is 6.08. The quantitative estimate of drug-likeness (QED) is 0.939. The standard InChI is InChI=1S/C19H25N3O2/c1-2-21-11-7-12-22(14-13-21)19(23)20-18(17-10-6-15-24-17)16-8-4-3-5-9-16/h3-6,8-10,15,18H,2,7,11-14H2,1H3,(H,20,23)/t18-/m1/s1. The number of hydrogen-bond acceptors (Lipinski definition) is 3. The van der Waals surface area contributed by atoms with Gasteiger partial charge in [-0.15, -0.1) is 0 Å². The van der Waals surface area contributed by atoms with Crippen LogP contribution in [0.15, 0.2) is 53.1 Å². The number of likely N-dealkylation sites (N-methyl/N-ethyl adjacent to an activating group) is 1. The van der Waals surface area contributed by atoms with Gasteiger partial charge < -0.3 is 19.5 Å². The van der Waals surface area contributed by atoms with Gasteiger partial charge in [0.15, 0.2) is 0 Å². The molecule has 0 spiro atoms. The summed E-state index contributed by atoms with van der Waals surface area (Å²) in [7, 11) is 0. The van der Waals surface area contributed by atoms with Crippen molar-refractivity contribution in [1.82, 2.24) is 15.1 Å². The van der Waals surface area contributed by atoms with E-state index in [-0.39, 0.29) is 12.1 Å². The molecular weight excluding hydrogens is 302 g/mol. The molecule has 5 nitrogen and oxygen atoms in total. The van der Waals surface area contributed by atoms with Crippen molar-refractivity contribution in [3.05, 3.63) is 60.1 Å². The Morgan fingerprint density at radius 1 is 1.12 bits per heavy atom. The van der Waals surface area contributed by atoms with E-state index in [9.17, 15) is 4.79 Å². The Kier molecular flexibility index (Phi) is 5.54. The van der Waals surface area contributed by atoms with Crippen LogP contribution in [0.2, 0.25) is 0 Å². The van der Waals surface area contributed by atoms with E-state index in [0.29, 0.717) is 0 Å². The predicted octanol–water partition coefficient (Wildman–Crippen LogP) is 3.11. The van der Waals surface area contributed by atoms with Crippen molar-refractivity contribution >= 4 is 6.03 Å². The van der Waals surface area contributed by atoms with Crippen molar-refractivity contribution < 1.29 is 9.21 Å². The van der Waals surface area contributed by atoms with Gasteiger partial charge in [-0.2, -0.15) is 0 Å². The molecule has 2 heterocycles. The molecule has 0 aliphatic carbocycles. The molecule has 0 unspecified atom stereocenters. The van der Waals surface area contributed by atoms with Gasteiger partial charge in [-0.1, -0.05) is 37.3 Å². The number of carbonyl (C=O) groups is 1. The predicted molar refractivity (Wildman–Crippen MR) is 93.8 cm³/mol. The zero-order valence-electron chi connectivity index (χ0n) is 14.1. The average molecular weight is 327 g/mol. The van der Waals surface area contributed by atoms with Gasteiger partial charge in [-0.05, 0) is 37.2 Å². The normalized spacial score (nSPS) is 17.3. The lowest BCUT2D eigenvalue weighted by Gasteiger charge is -2.25. The number of carbonyl (C=O) groups excluding carboxylic acids is 1. The van der Waals surface area contributed by atoms with Crippen molar-refractivity contribution in [3.8, 4) is 0 Å². The summed E-state index contributed by atoms with van der Waals surface area (Å²) >= 11 is 0. The number of hydrogen-bond donors (Lipinski definition) is 1. The molecule has 2 aromatic rings. The summed E-state index contributed by atoms with van der Waals surface area (Å²) in [6.45, 7) is 6.75. The molecule has 1 aromatic heterocycles. The topological polar surface area (TPSA) is 48.7 Å². The molecule has 1 N–H and O–H groups in total. The van der Waals surface area contributed by atoms with Crippen LogP contribution in [0, 0.1) is 0 Å². The Balaban J connectivity index is 1.72. The largest absolute Gasteiger partial charge is 0.467 e. The Bertz CT molecular complexity index is 627. The van der Waals surface area contributed by atoms with Crippen LogP contribution in [0.1, 0.15) is 30.7 Å². The van der Waals surface area contributed by atoms with E-state index in [1.807, 2.05) is 47.4 Å². The van der Waals surface area contributed by atoms with E-state index in [2.05, 4.69) is 17.1 Å². The molecular formula is C19H25N3O2. The van der Waals surface area contributed by atoms with Gasteiger partial charge in [0, 0.05) is 19.6 Å². The fourth-order valence-electron chi connectivity index (χ4n) is 3.12. The first-order valence-corrected chi connectivity index (χ1v) is 8.64. The van der Waals surface area contributed by atoms with Crippen LogP contribution in [0.4, 0.5) is 4.79 Å². The molecule has 1 atom stereocenters. The third kappa shape index (κ3) is 3.97. The highest BCUT2D eigenvalue weighted by atomic mass is 16.3. The van der Waals surface area contributed by atoms with Crippen molar-refractivity contribution in [3.63, 3.8) is 0 Å². The monoisotopic (exact) mass is 327 g/mol. The van der Waals surface area contributed by atoms with Crippen LogP contribution >= 0.6 is 0 Å². The molecule has 0 saturated carbocycles. The maximum atomic E-state index is 12.8. The molecule has 24 heavy (non-hydrogen) atoms. The van der Waals surface area contributed by atoms with Gasteiger partial charge >= 0.3 is 6.03 Å². The Hall–Kier alpha value is -2.27. The molecule has 2 amide bonds. The summed E-state index contributed by atoms with van der Waals surface area (Å²) in [4.78, 5) is 17.1. The Morgan fingerprint density at radius 3 is 2.67 bits per heavy atom. The molecule has 1 fully saturated rings. The minimum atomic E-state index is -0.265. The van der Waals surface area contributed by atoms with E-state index in [1.54, 1.807) is 6.26 Å². The van der Waals surface area contributed by atoms with Crippen molar-refractivity contribution in [2.75, 3.05) is 32.7 Å². The molecule has 1 aliphatic rings. The highest BCUT2D eigenvalue weighted by molar-refractivity contribution is 5.75. The van der Waals surface area contributed by atoms with Crippen LogP contribution in [0.3, 0.4) is 0 Å². The third-order valence-corrected chi connectivity index (χ3v) is 4.55. The first kappa shape index (κ1) is 16.6. The second kappa shape index (κ2) is 8.02. The van der Waals surface area contributed by atoms with Gasteiger partial charge in [0.25, 0.3) is 0 Å². The average Bonchev–Trinajstić information content (AvgIpc) is 3.04. The summed E-state index contributed by atoms with van der Waals surface area (Å²) in [6, 6.07) is 13.4. The molecule has 0 radical (unpaired) electrons. The van der Waals surface area contributed by atoms with Gasteiger partial charge in [-0.25, -0.2) is 4.79 Å². The van der Waals surface area contributed by atoms with Gasteiger partial charge in [0.1, 0.15) is 11.8 Å². The second-order valence-corrected chi connectivity index (χ2v) is 6.08. The molecule has 1 aromatic carbocycles. The molecule has 0 bridgehead atoms. The van der Waals surface area contributed by atoms with Crippen LogP contribution < -0.4 is 5.32 Å². The third-order valence-electron chi connectivity index (χ3n) is 4.55. The van der Waals surface area contributed by atoms with E-state index in [1.165, 1.54) is 0 Å². The maximum Gasteiger partial charge on any atom is 0.318 e. The maximum absolute atomic E-state index is 12.8. The van der Waals surface area contributed by atoms with Crippen LogP contribution in [0.25, 0.3) is 0 Å². The van der Waals surface area contributed by atoms with E-state index >= 15 is 0 Å². The smallest absolute Gasteiger partial charge is 0.318 e. The fourth-order valence-corrected chi connectivity index (χ4v) is 3.12. The Labute approximate surface area is 143 Å². The van der Waals surface area contributed by atoms with E-state index in [4.69, 9.17) is 4.42 Å². The summed E-state index contributed by atoms with van der Waals surface area (Å²) < 4.78 is 5.56. The number of benzene rings is 1. The lowest BCUT2D eigenvalue weighted by Crippen LogP contribution is -2.43. The van der Waals surface area contributed by atoms with Crippen LogP contribution in [-0.2, 0) is 0 Å². The molecule has 1 saturated heterocycles. The van der Waals surface area contributed by atoms with Gasteiger partial charge in [0.2, 0.25) is 0 Å². The fraction of sp³-hybridized carbons (Fsp3) is 0.421. The lowest BCUT2D eigenvalue weighted by molar-refractivity contribution is 0.194. The van der Waals surface area contributed by atoms with Crippen molar-refractivity contribution in [2.24, 2.45) is 0 Å². The van der Waals surface area contributed by atoms with E-state index < -0.39 is 0 Å². The van der Waals surface area contributed by atoms with E-state index in [0.717, 1.165) is 50.5 Å². The van der Waals surface area contributed by atoms with Gasteiger partial charge in [-0.3, -0.25) is 0 Å². The van der Waals surface area contributed by atoms with Crippen LogP contribution in [-0.4, -0.2) is 48.6 Å². The molecule has 1 aliphatic heterocycles.